The van der Waals surface area contributed by atoms with Gasteiger partial charge in [0.25, 0.3) is 0 Å². The van der Waals surface area contributed by atoms with Crippen LogP contribution in [0.1, 0.15) is 11.1 Å². The van der Waals surface area contributed by atoms with Crippen LogP contribution in [0.2, 0.25) is 0 Å². The SMILES string of the molecule is CSc1ncc(CN2CCN(c3ccc(C#N)cn3)CC2)cn1. The number of nitrogens with zero attached hydrogens (tertiary/aromatic N) is 6. The highest BCUT2D eigenvalue weighted by Crippen LogP contribution is 2.15. The molecule has 3 heterocycles. The average molecular weight is 326 g/mol. The molecule has 0 saturated carbocycles. The van der Waals surface area contributed by atoms with Crippen molar-refractivity contribution in [3.63, 3.8) is 0 Å². The van der Waals surface area contributed by atoms with Crippen molar-refractivity contribution in [2.75, 3.05) is 37.3 Å². The summed E-state index contributed by atoms with van der Waals surface area (Å²) in [7, 11) is 0. The van der Waals surface area contributed by atoms with Crippen molar-refractivity contribution in [1.29, 1.82) is 5.26 Å². The number of anilines is 1. The maximum Gasteiger partial charge on any atom is 0.187 e. The molecular weight excluding hydrogens is 308 g/mol. The Morgan fingerprint density at radius 2 is 1.83 bits per heavy atom. The van der Waals surface area contributed by atoms with Crippen LogP contribution in [-0.2, 0) is 6.54 Å². The third-order valence-corrected chi connectivity index (χ3v) is 4.42. The molecule has 0 bridgehead atoms. The van der Waals surface area contributed by atoms with Gasteiger partial charge in [0.05, 0.1) is 5.56 Å². The zero-order valence-corrected chi connectivity index (χ0v) is 13.8. The Balaban J connectivity index is 1.54. The van der Waals surface area contributed by atoms with E-state index in [1.165, 1.54) is 0 Å². The average Bonchev–Trinajstić information content (AvgIpc) is 2.63. The van der Waals surface area contributed by atoms with Crippen molar-refractivity contribution in [1.82, 2.24) is 19.9 Å². The summed E-state index contributed by atoms with van der Waals surface area (Å²) in [5.41, 5.74) is 1.74. The zero-order chi connectivity index (χ0) is 16.1. The molecule has 1 aliphatic rings. The Bertz CT molecular complexity index is 671. The topological polar surface area (TPSA) is 68.9 Å². The van der Waals surface area contributed by atoms with Gasteiger partial charge in [0.1, 0.15) is 11.9 Å². The summed E-state index contributed by atoms with van der Waals surface area (Å²) in [6.07, 6.45) is 7.43. The van der Waals surface area contributed by atoms with Crippen LogP contribution < -0.4 is 4.90 Å². The first kappa shape index (κ1) is 15.7. The zero-order valence-electron chi connectivity index (χ0n) is 13.0. The Kier molecular flexibility index (Phi) is 5.05. The van der Waals surface area contributed by atoms with E-state index in [2.05, 4.69) is 30.8 Å². The van der Waals surface area contributed by atoms with Crippen molar-refractivity contribution < 1.29 is 0 Å². The number of pyridine rings is 1. The summed E-state index contributed by atoms with van der Waals surface area (Å²) in [6.45, 7) is 4.70. The second-order valence-corrected chi connectivity index (χ2v) is 6.13. The molecule has 3 rings (SSSR count). The normalized spacial score (nSPS) is 15.4. The molecule has 0 aliphatic carbocycles. The number of piperazine rings is 1. The molecule has 0 unspecified atom stereocenters. The predicted octanol–water partition coefficient (Wildman–Crippen LogP) is 1.79. The molecule has 0 amide bonds. The first-order valence-electron chi connectivity index (χ1n) is 7.47. The van der Waals surface area contributed by atoms with Gasteiger partial charge in [-0.2, -0.15) is 5.26 Å². The standard InChI is InChI=1S/C16H18N6S/c1-23-16-19-10-14(11-20-16)12-21-4-6-22(7-5-21)15-3-2-13(8-17)9-18-15/h2-3,9-11H,4-7,12H2,1H3. The van der Waals surface area contributed by atoms with Crippen molar-refractivity contribution in [3.05, 3.63) is 41.9 Å². The van der Waals surface area contributed by atoms with Crippen LogP contribution in [-0.4, -0.2) is 52.3 Å². The highest BCUT2D eigenvalue weighted by Gasteiger charge is 2.18. The van der Waals surface area contributed by atoms with Gasteiger partial charge in [0.15, 0.2) is 5.16 Å². The van der Waals surface area contributed by atoms with Crippen molar-refractivity contribution in [2.45, 2.75) is 11.7 Å². The van der Waals surface area contributed by atoms with E-state index in [0.717, 1.165) is 49.3 Å². The third kappa shape index (κ3) is 3.97. The van der Waals surface area contributed by atoms with E-state index < -0.39 is 0 Å². The molecule has 0 aromatic carbocycles. The summed E-state index contributed by atoms with van der Waals surface area (Å²) in [4.78, 5) is 17.7. The third-order valence-electron chi connectivity index (χ3n) is 3.84. The Morgan fingerprint density at radius 1 is 1.09 bits per heavy atom. The summed E-state index contributed by atoms with van der Waals surface area (Å²) in [5, 5.41) is 9.64. The minimum Gasteiger partial charge on any atom is -0.354 e. The van der Waals surface area contributed by atoms with Gasteiger partial charge < -0.3 is 4.90 Å². The van der Waals surface area contributed by atoms with Gasteiger partial charge in [-0.1, -0.05) is 11.8 Å². The van der Waals surface area contributed by atoms with Gasteiger partial charge in [-0.05, 0) is 18.4 Å². The number of hydrogen-bond donors (Lipinski definition) is 0. The van der Waals surface area contributed by atoms with Crippen LogP contribution in [0.4, 0.5) is 5.82 Å². The van der Waals surface area contributed by atoms with E-state index in [9.17, 15) is 0 Å². The fraction of sp³-hybridized carbons (Fsp3) is 0.375. The van der Waals surface area contributed by atoms with E-state index in [0.29, 0.717) is 5.56 Å². The lowest BCUT2D eigenvalue weighted by Crippen LogP contribution is -2.46. The van der Waals surface area contributed by atoms with Crippen LogP contribution in [0.5, 0.6) is 0 Å². The number of rotatable bonds is 4. The highest BCUT2D eigenvalue weighted by atomic mass is 32.2. The highest BCUT2D eigenvalue weighted by molar-refractivity contribution is 7.98. The molecule has 0 radical (unpaired) electrons. The first-order chi connectivity index (χ1) is 11.3. The largest absolute Gasteiger partial charge is 0.354 e. The van der Waals surface area contributed by atoms with Crippen LogP contribution in [0.3, 0.4) is 0 Å². The summed E-state index contributed by atoms with van der Waals surface area (Å²) < 4.78 is 0. The number of thioether (sulfide) groups is 1. The van der Waals surface area contributed by atoms with E-state index in [1.807, 2.05) is 30.8 Å². The van der Waals surface area contributed by atoms with Gasteiger partial charge in [-0.15, -0.1) is 0 Å². The van der Waals surface area contributed by atoms with Crippen LogP contribution in [0.15, 0.2) is 35.9 Å². The molecule has 7 heteroatoms. The van der Waals surface area contributed by atoms with Crippen LogP contribution in [0.25, 0.3) is 0 Å². The number of aromatic nitrogens is 3. The van der Waals surface area contributed by atoms with Gasteiger partial charge in [0.2, 0.25) is 0 Å². The van der Waals surface area contributed by atoms with Crippen molar-refractivity contribution in [2.24, 2.45) is 0 Å². The molecule has 0 spiro atoms. The second kappa shape index (κ2) is 7.40. The minimum atomic E-state index is 0.598. The molecule has 1 fully saturated rings. The Labute approximate surface area is 140 Å². The summed E-state index contributed by atoms with van der Waals surface area (Å²) in [6, 6.07) is 5.84. The predicted molar refractivity (Wildman–Crippen MR) is 90.3 cm³/mol. The molecule has 2 aromatic heterocycles. The number of hydrogen-bond acceptors (Lipinski definition) is 7. The van der Waals surface area contributed by atoms with Crippen LogP contribution >= 0.6 is 11.8 Å². The lowest BCUT2D eigenvalue weighted by molar-refractivity contribution is 0.248. The quantitative estimate of drug-likeness (QED) is 0.626. The van der Waals surface area contributed by atoms with Gasteiger partial charge in [-0.3, -0.25) is 4.90 Å². The first-order valence-corrected chi connectivity index (χ1v) is 8.69. The maximum absolute atomic E-state index is 8.82. The van der Waals surface area contributed by atoms with Crippen molar-refractivity contribution in [3.8, 4) is 6.07 Å². The maximum atomic E-state index is 8.82. The van der Waals surface area contributed by atoms with Gasteiger partial charge in [0, 0.05) is 56.9 Å². The molecule has 118 valence electrons. The van der Waals surface area contributed by atoms with Gasteiger partial charge in [-0.25, -0.2) is 15.0 Å². The van der Waals surface area contributed by atoms with Gasteiger partial charge >= 0.3 is 0 Å². The molecule has 6 nitrogen and oxygen atoms in total. The molecule has 0 atom stereocenters. The second-order valence-electron chi connectivity index (χ2n) is 5.36. The monoisotopic (exact) mass is 326 g/mol. The summed E-state index contributed by atoms with van der Waals surface area (Å²) in [5.74, 6) is 0.941. The molecule has 0 N–H and O–H groups in total. The molecular formula is C16H18N6S. The lowest BCUT2D eigenvalue weighted by atomic mass is 10.2. The fourth-order valence-electron chi connectivity index (χ4n) is 2.56. The lowest BCUT2D eigenvalue weighted by Gasteiger charge is -2.35. The Hall–Kier alpha value is -2.17. The molecule has 2 aromatic rings. The fourth-order valence-corrected chi connectivity index (χ4v) is 2.88. The molecule has 1 aliphatic heterocycles. The van der Waals surface area contributed by atoms with E-state index in [-0.39, 0.29) is 0 Å². The molecule has 1 saturated heterocycles. The Morgan fingerprint density at radius 3 is 2.39 bits per heavy atom. The summed E-state index contributed by atoms with van der Waals surface area (Å²) >= 11 is 1.55. The number of nitriles is 1. The van der Waals surface area contributed by atoms with E-state index >= 15 is 0 Å². The smallest absolute Gasteiger partial charge is 0.187 e. The van der Waals surface area contributed by atoms with E-state index in [4.69, 9.17) is 5.26 Å². The van der Waals surface area contributed by atoms with Crippen LogP contribution in [0, 0.1) is 11.3 Å². The van der Waals surface area contributed by atoms with E-state index in [1.54, 1.807) is 18.0 Å². The minimum absolute atomic E-state index is 0.598. The van der Waals surface area contributed by atoms with Crippen molar-refractivity contribution >= 4 is 17.6 Å². The molecule has 23 heavy (non-hydrogen) atoms.